The average Bonchev–Trinajstić information content (AvgIpc) is 3.31. The number of fused-ring (bicyclic) bond motifs is 5. The van der Waals surface area contributed by atoms with Crippen LogP contribution in [0.15, 0.2) is 41.5 Å². The Morgan fingerprint density at radius 1 is 1.25 bits per heavy atom. The van der Waals surface area contributed by atoms with Crippen LogP contribution < -0.4 is 4.90 Å². The van der Waals surface area contributed by atoms with Crippen LogP contribution in [-0.2, 0) is 19.1 Å². The number of hydrogen-bond acceptors (Lipinski definition) is 5. The first kappa shape index (κ1) is 18.2. The zero-order valence-electron chi connectivity index (χ0n) is 15.7. The minimum atomic E-state index is -0.676. The summed E-state index contributed by atoms with van der Waals surface area (Å²) >= 11 is 0. The molecule has 1 saturated carbocycles. The summed E-state index contributed by atoms with van der Waals surface area (Å²) in [7, 11) is 0. The van der Waals surface area contributed by atoms with Gasteiger partial charge in [0.05, 0.1) is 24.1 Å². The lowest BCUT2D eigenvalue weighted by molar-refractivity contribution is -0.138. The number of nitriles is 1. The molecule has 28 heavy (non-hydrogen) atoms. The molecule has 6 nitrogen and oxygen atoms in total. The van der Waals surface area contributed by atoms with Gasteiger partial charge in [-0.05, 0) is 55.9 Å². The Labute approximate surface area is 163 Å². The molecule has 1 aromatic rings. The zero-order chi connectivity index (χ0) is 20.0. The predicted molar refractivity (Wildman–Crippen MR) is 101 cm³/mol. The SMILES string of the molecule is CCOC(=O)C(C#N)=Cc1ccc(N2C(=O)C3C4C=C(C)C(C4)C3C2=O)cc1. The van der Waals surface area contributed by atoms with Crippen molar-refractivity contribution in [1.29, 1.82) is 5.26 Å². The molecule has 2 fully saturated rings. The van der Waals surface area contributed by atoms with Gasteiger partial charge in [0, 0.05) is 0 Å². The van der Waals surface area contributed by atoms with E-state index in [0.717, 1.165) is 6.42 Å². The Morgan fingerprint density at radius 3 is 2.57 bits per heavy atom. The smallest absolute Gasteiger partial charge is 0.348 e. The van der Waals surface area contributed by atoms with Gasteiger partial charge in [-0.3, -0.25) is 14.5 Å². The second-order valence-corrected chi connectivity index (χ2v) is 7.46. The molecule has 4 atom stereocenters. The van der Waals surface area contributed by atoms with Gasteiger partial charge in [0.15, 0.2) is 0 Å². The van der Waals surface area contributed by atoms with Gasteiger partial charge in [0.25, 0.3) is 0 Å². The van der Waals surface area contributed by atoms with Gasteiger partial charge in [0.2, 0.25) is 11.8 Å². The van der Waals surface area contributed by atoms with Crippen LogP contribution in [0.3, 0.4) is 0 Å². The molecule has 0 spiro atoms. The Morgan fingerprint density at radius 2 is 1.93 bits per heavy atom. The van der Waals surface area contributed by atoms with Gasteiger partial charge < -0.3 is 4.74 Å². The minimum absolute atomic E-state index is 0.101. The van der Waals surface area contributed by atoms with Crippen LogP contribution in [-0.4, -0.2) is 24.4 Å². The van der Waals surface area contributed by atoms with Crippen molar-refractivity contribution in [2.45, 2.75) is 20.3 Å². The number of esters is 1. The molecule has 4 unspecified atom stereocenters. The van der Waals surface area contributed by atoms with E-state index < -0.39 is 5.97 Å². The third kappa shape index (κ3) is 2.66. The molecule has 2 amide bonds. The lowest BCUT2D eigenvalue weighted by Gasteiger charge is -2.19. The van der Waals surface area contributed by atoms with Crippen molar-refractivity contribution in [2.24, 2.45) is 23.7 Å². The van der Waals surface area contributed by atoms with Crippen LogP contribution in [0.2, 0.25) is 0 Å². The summed E-state index contributed by atoms with van der Waals surface area (Å²) in [4.78, 5) is 38.9. The molecule has 0 radical (unpaired) electrons. The van der Waals surface area contributed by atoms with Crippen molar-refractivity contribution >= 4 is 29.5 Å². The number of amides is 2. The maximum Gasteiger partial charge on any atom is 0.348 e. The summed E-state index contributed by atoms with van der Waals surface area (Å²) in [5.74, 6) is -1.06. The summed E-state index contributed by atoms with van der Waals surface area (Å²) < 4.78 is 4.85. The first-order chi connectivity index (χ1) is 13.5. The van der Waals surface area contributed by atoms with Crippen LogP contribution in [0, 0.1) is 35.0 Å². The molecule has 0 aromatic heterocycles. The molecule has 1 saturated heterocycles. The second-order valence-electron chi connectivity index (χ2n) is 7.46. The number of imide groups is 1. The third-order valence-corrected chi connectivity index (χ3v) is 5.96. The van der Waals surface area contributed by atoms with Crippen LogP contribution in [0.4, 0.5) is 5.69 Å². The maximum atomic E-state index is 13.0. The zero-order valence-corrected chi connectivity index (χ0v) is 15.7. The lowest BCUT2D eigenvalue weighted by Crippen LogP contribution is -2.32. The number of anilines is 1. The molecule has 2 bridgehead atoms. The van der Waals surface area contributed by atoms with Gasteiger partial charge in [-0.2, -0.15) is 5.26 Å². The number of ether oxygens (including phenoxy) is 1. The van der Waals surface area contributed by atoms with E-state index in [2.05, 4.69) is 6.08 Å². The highest BCUT2D eigenvalue weighted by atomic mass is 16.5. The van der Waals surface area contributed by atoms with Crippen LogP contribution in [0.1, 0.15) is 25.8 Å². The summed E-state index contributed by atoms with van der Waals surface area (Å²) in [6, 6.07) is 8.53. The van der Waals surface area contributed by atoms with Crippen molar-refractivity contribution < 1.29 is 19.1 Å². The highest BCUT2D eigenvalue weighted by Gasteiger charge is 2.60. The highest BCUT2D eigenvalue weighted by Crippen LogP contribution is 2.55. The largest absolute Gasteiger partial charge is 0.462 e. The Bertz CT molecular complexity index is 967. The molecular weight excluding hydrogens is 356 g/mol. The van der Waals surface area contributed by atoms with Crippen LogP contribution in [0.25, 0.3) is 6.08 Å². The van der Waals surface area contributed by atoms with E-state index >= 15 is 0 Å². The van der Waals surface area contributed by atoms with E-state index in [0.29, 0.717) is 11.3 Å². The van der Waals surface area contributed by atoms with E-state index in [9.17, 15) is 14.4 Å². The summed E-state index contributed by atoms with van der Waals surface area (Å²) in [6.07, 6.45) is 4.48. The molecule has 3 aliphatic rings. The number of benzene rings is 1. The normalized spacial score (nSPS) is 28.2. The topological polar surface area (TPSA) is 87.5 Å². The van der Waals surface area contributed by atoms with Gasteiger partial charge in [-0.15, -0.1) is 0 Å². The maximum absolute atomic E-state index is 13.0. The molecule has 1 aliphatic heterocycles. The van der Waals surface area contributed by atoms with Crippen molar-refractivity contribution in [1.82, 2.24) is 0 Å². The Hall–Kier alpha value is -3.20. The van der Waals surface area contributed by atoms with Gasteiger partial charge >= 0.3 is 5.97 Å². The first-order valence-corrected chi connectivity index (χ1v) is 9.41. The number of carbonyl (C=O) groups is 3. The Balaban J connectivity index is 1.57. The number of rotatable bonds is 4. The lowest BCUT2D eigenvalue weighted by atomic mass is 9.82. The van der Waals surface area contributed by atoms with Gasteiger partial charge in [0.1, 0.15) is 11.6 Å². The summed E-state index contributed by atoms with van der Waals surface area (Å²) in [5, 5.41) is 9.13. The van der Waals surface area contributed by atoms with E-state index in [4.69, 9.17) is 10.00 Å². The number of hydrogen-bond donors (Lipinski definition) is 0. The monoisotopic (exact) mass is 376 g/mol. The molecule has 1 heterocycles. The van der Waals surface area contributed by atoms with Crippen molar-refractivity contribution in [2.75, 3.05) is 11.5 Å². The van der Waals surface area contributed by atoms with Crippen LogP contribution >= 0.6 is 0 Å². The summed E-state index contributed by atoms with van der Waals surface area (Å²) in [6.45, 7) is 3.90. The molecule has 142 valence electrons. The molecule has 4 rings (SSSR count). The average molecular weight is 376 g/mol. The highest BCUT2D eigenvalue weighted by molar-refractivity contribution is 6.22. The van der Waals surface area contributed by atoms with Crippen molar-refractivity contribution in [3.63, 3.8) is 0 Å². The number of nitrogens with zero attached hydrogens (tertiary/aromatic N) is 2. The van der Waals surface area contributed by atoms with Crippen molar-refractivity contribution in [3.8, 4) is 6.07 Å². The van der Waals surface area contributed by atoms with E-state index in [1.807, 2.05) is 13.0 Å². The molecule has 2 aliphatic carbocycles. The molecular formula is C22H20N2O4. The van der Waals surface area contributed by atoms with E-state index in [-0.39, 0.29) is 47.7 Å². The predicted octanol–water partition coefficient (Wildman–Crippen LogP) is 2.86. The van der Waals surface area contributed by atoms with E-state index in [1.54, 1.807) is 31.2 Å². The third-order valence-electron chi connectivity index (χ3n) is 5.96. The standard InChI is InChI=1S/C22H20N2O4/c1-3-28-22(27)15(11-23)9-13-4-6-16(7-5-13)24-20(25)18-14-8-12(2)17(10-14)19(18)21(24)26/h4-9,14,17-19H,3,10H2,1-2H3. The summed E-state index contributed by atoms with van der Waals surface area (Å²) in [5.41, 5.74) is 2.26. The fourth-order valence-electron chi connectivity index (χ4n) is 4.76. The molecule has 6 heteroatoms. The Kier molecular flexibility index (Phi) is 4.38. The van der Waals surface area contributed by atoms with E-state index in [1.165, 1.54) is 16.5 Å². The quantitative estimate of drug-likeness (QED) is 0.265. The molecule has 1 aromatic carbocycles. The number of carbonyl (C=O) groups excluding carboxylic acids is 3. The number of allylic oxidation sites excluding steroid dienone is 2. The second kappa shape index (κ2) is 6.75. The van der Waals surface area contributed by atoms with Gasteiger partial charge in [-0.1, -0.05) is 23.8 Å². The fraction of sp³-hybridized carbons (Fsp3) is 0.364. The van der Waals surface area contributed by atoms with Crippen LogP contribution in [0.5, 0.6) is 0 Å². The van der Waals surface area contributed by atoms with Gasteiger partial charge in [-0.25, -0.2) is 4.79 Å². The molecule has 0 N–H and O–H groups in total. The fourth-order valence-corrected chi connectivity index (χ4v) is 4.76. The first-order valence-electron chi connectivity index (χ1n) is 9.41. The minimum Gasteiger partial charge on any atom is -0.462 e. The van der Waals surface area contributed by atoms with Crippen molar-refractivity contribution in [3.05, 3.63) is 47.1 Å².